The summed E-state index contributed by atoms with van der Waals surface area (Å²) in [5.74, 6) is -0.405. The number of hydrogen-bond donors (Lipinski definition) is 3. The summed E-state index contributed by atoms with van der Waals surface area (Å²) in [6, 6.07) is 0. The average molecular weight is 687 g/mol. The van der Waals surface area contributed by atoms with E-state index in [4.69, 9.17) is 23.6 Å². The largest absolute Gasteiger partial charge is 0.472 e. The predicted molar refractivity (Wildman–Crippen MR) is 191 cm³/mol. The van der Waals surface area contributed by atoms with Gasteiger partial charge in [-0.15, -0.1) is 0 Å². The van der Waals surface area contributed by atoms with Crippen LogP contribution in [0, 0.1) is 0 Å². The quantitative estimate of drug-likeness (QED) is 0.0262. The molecule has 0 saturated carbocycles. The molecule has 0 aromatic heterocycles. The molecule has 9 nitrogen and oxygen atoms in total. The van der Waals surface area contributed by atoms with E-state index in [-0.39, 0.29) is 19.6 Å². The van der Waals surface area contributed by atoms with E-state index in [1.807, 2.05) is 0 Å². The first-order valence-electron chi connectivity index (χ1n) is 18.1. The standard InChI is InChI=1S/C37H67O9P/c1-3-5-7-9-11-13-15-16-17-18-19-21-23-25-27-29-37(40)46-36(34-45-47(41,42)44-32-35(39)31-38)33-43-30-28-26-24-22-20-14-12-10-8-6-4-2/h5,7-8,10-11,13,16-17,35-36,38-39H,3-4,6,9,12,14-15,18-34H2,1-2H3,(H,41,42)/b7-5-,10-8-,13-11-,17-16-. The van der Waals surface area contributed by atoms with E-state index in [1.54, 1.807) is 0 Å². The van der Waals surface area contributed by atoms with Gasteiger partial charge >= 0.3 is 13.8 Å². The molecular weight excluding hydrogens is 619 g/mol. The number of allylic oxidation sites excluding steroid dienone is 8. The molecule has 0 aliphatic heterocycles. The molecule has 0 rings (SSSR count). The summed E-state index contributed by atoms with van der Waals surface area (Å²) in [7, 11) is -4.51. The second-order valence-corrected chi connectivity index (χ2v) is 13.3. The molecule has 0 saturated heterocycles. The van der Waals surface area contributed by atoms with E-state index in [1.165, 1.54) is 25.7 Å². The van der Waals surface area contributed by atoms with Crippen molar-refractivity contribution in [2.24, 2.45) is 0 Å². The Morgan fingerprint density at radius 1 is 0.681 bits per heavy atom. The Morgan fingerprint density at radius 2 is 1.21 bits per heavy atom. The average Bonchev–Trinajstić information content (AvgIpc) is 3.06. The van der Waals surface area contributed by atoms with Crippen molar-refractivity contribution in [3.8, 4) is 0 Å². The number of unbranched alkanes of at least 4 members (excludes halogenated alkanes) is 12. The van der Waals surface area contributed by atoms with E-state index in [2.05, 4.69) is 62.5 Å². The number of carbonyl (C=O) groups is 1. The van der Waals surface area contributed by atoms with Crippen molar-refractivity contribution in [2.45, 2.75) is 148 Å². The highest BCUT2D eigenvalue weighted by atomic mass is 31.2. The van der Waals surface area contributed by atoms with E-state index in [9.17, 15) is 19.4 Å². The van der Waals surface area contributed by atoms with Crippen LogP contribution in [0.2, 0.25) is 0 Å². The van der Waals surface area contributed by atoms with Gasteiger partial charge in [-0.25, -0.2) is 4.57 Å². The summed E-state index contributed by atoms with van der Waals surface area (Å²) in [6.45, 7) is 3.28. The molecular formula is C37H67O9P. The summed E-state index contributed by atoms with van der Waals surface area (Å²) < 4.78 is 33.1. The Balaban J connectivity index is 4.30. The monoisotopic (exact) mass is 686 g/mol. The van der Waals surface area contributed by atoms with Crippen LogP contribution in [0.1, 0.15) is 136 Å². The highest BCUT2D eigenvalue weighted by Gasteiger charge is 2.26. The number of ether oxygens (including phenoxy) is 2. The normalized spacial score (nSPS) is 14.9. The number of aliphatic hydroxyl groups excluding tert-OH is 2. The van der Waals surface area contributed by atoms with Crippen LogP contribution >= 0.6 is 7.82 Å². The Labute approximate surface area is 286 Å². The number of hydrogen-bond acceptors (Lipinski definition) is 8. The molecule has 0 aliphatic rings. The van der Waals surface area contributed by atoms with Crippen molar-refractivity contribution in [1.29, 1.82) is 0 Å². The van der Waals surface area contributed by atoms with Crippen LogP contribution < -0.4 is 0 Å². The van der Waals surface area contributed by atoms with E-state index in [0.29, 0.717) is 13.0 Å². The van der Waals surface area contributed by atoms with Crippen molar-refractivity contribution in [3.05, 3.63) is 48.6 Å². The maximum absolute atomic E-state index is 12.5. The molecule has 10 heteroatoms. The Hall–Kier alpha value is -1.58. The smallest absolute Gasteiger partial charge is 0.457 e. The first-order valence-corrected chi connectivity index (χ1v) is 19.6. The minimum Gasteiger partial charge on any atom is -0.457 e. The third-order valence-corrected chi connectivity index (χ3v) is 8.18. The van der Waals surface area contributed by atoms with Gasteiger partial charge in [0.1, 0.15) is 12.2 Å². The minimum atomic E-state index is -4.51. The van der Waals surface area contributed by atoms with Crippen molar-refractivity contribution in [1.82, 2.24) is 0 Å². The highest BCUT2D eigenvalue weighted by Crippen LogP contribution is 2.43. The molecule has 0 heterocycles. The molecule has 3 N–H and O–H groups in total. The van der Waals surface area contributed by atoms with E-state index >= 15 is 0 Å². The SMILES string of the molecule is CC/C=C\C/C=C\C/C=C\CCCCCCCC(=O)OC(COCCCCCCCC/C=C\CCC)COP(=O)(O)OCC(O)CO. The first-order chi connectivity index (χ1) is 22.8. The molecule has 0 fully saturated rings. The molecule has 0 aromatic rings. The summed E-state index contributed by atoms with van der Waals surface area (Å²) in [5, 5.41) is 18.3. The zero-order chi connectivity index (χ0) is 34.7. The Morgan fingerprint density at radius 3 is 1.85 bits per heavy atom. The van der Waals surface area contributed by atoms with Gasteiger partial charge in [0.15, 0.2) is 0 Å². The highest BCUT2D eigenvalue weighted by molar-refractivity contribution is 7.47. The maximum Gasteiger partial charge on any atom is 0.472 e. The van der Waals surface area contributed by atoms with E-state index < -0.39 is 39.2 Å². The zero-order valence-electron chi connectivity index (χ0n) is 29.5. The van der Waals surface area contributed by atoms with Gasteiger partial charge in [0.2, 0.25) is 0 Å². The lowest BCUT2D eigenvalue weighted by atomic mass is 10.1. The van der Waals surface area contributed by atoms with Crippen molar-refractivity contribution in [3.63, 3.8) is 0 Å². The number of rotatable bonds is 34. The third-order valence-electron chi connectivity index (χ3n) is 7.23. The lowest BCUT2D eigenvalue weighted by molar-refractivity contribution is -0.154. The fraction of sp³-hybridized carbons (Fsp3) is 0.757. The maximum atomic E-state index is 12.5. The van der Waals surface area contributed by atoms with Crippen LogP contribution in [0.3, 0.4) is 0 Å². The fourth-order valence-electron chi connectivity index (χ4n) is 4.49. The first kappa shape index (κ1) is 45.4. The molecule has 0 aliphatic carbocycles. The van der Waals surface area contributed by atoms with Gasteiger partial charge in [-0.1, -0.05) is 114 Å². The summed E-state index contributed by atoms with van der Waals surface area (Å²) in [4.78, 5) is 22.4. The second kappa shape index (κ2) is 34.3. The van der Waals surface area contributed by atoms with Gasteiger partial charge in [-0.2, -0.15) is 0 Å². The molecule has 3 unspecified atom stereocenters. The van der Waals surface area contributed by atoms with Crippen LogP contribution in [0.4, 0.5) is 0 Å². The van der Waals surface area contributed by atoms with Crippen LogP contribution in [-0.2, 0) is 27.9 Å². The second-order valence-electron chi connectivity index (χ2n) is 11.9. The van der Waals surface area contributed by atoms with E-state index in [0.717, 1.165) is 83.5 Å². The lowest BCUT2D eigenvalue weighted by Crippen LogP contribution is -2.29. The minimum absolute atomic E-state index is 0.0360. The van der Waals surface area contributed by atoms with Gasteiger partial charge in [-0.05, 0) is 64.2 Å². The Kier molecular flexibility index (Phi) is 33.1. The van der Waals surface area contributed by atoms with Gasteiger partial charge in [0.05, 0.1) is 26.4 Å². The summed E-state index contributed by atoms with van der Waals surface area (Å²) >= 11 is 0. The number of esters is 1. The van der Waals surface area contributed by atoms with Gasteiger partial charge in [0.25, 0.3) is 0 Å². The number of aliphatic hydroxyl groups is 2. The number of phosphoric acid groups is 1. The molecule has 0 radical (unpaired) electrons. The Bertz CT molecular complexity index is 872. The topological polar surface area (TPSA) is 132 Å². The van der Waals surface area contributed by atoms with Crippen molar-refractivity contribution in [2.75, 3.05) is 33.0 Å². The predicted octanol–water partition coefficient (Wildman–Crippen LogP) is 9.08. The van der Waals surface area contributed by atoms with Gasteiger partial charge in [0, 0.05) is 13.0 Å². The molecule has 274 valence electrons. The molecule has 0 bridgehead atoms. The van der Waals surface area contributed by atoms with Crippen LogP contribution in [-0.4, -0.2) is 66.3 Å². The molecule has 47 heavy (non-hydrogen) atoms. The van der Waals surface area contributed by atoms with Crippen molar-refractivity contribution >= 4 is 13.8 Å². The lowest BCUT2D eigenvalue weighted by Gasteiger charge is -2.20. The van der Waals surface area contributed by atoms with Crippen molar-refractivity contribution < 1.29 is 43.0 Å². The molecule has 0 amide bonds. The number of carbonyl (C=O) groups excluding carboxylic acids is 1. The van der Waals surface area contributed by atoms with Gasteiger partial charge in [-0.3, -0.25) is 13.8 Å². The van der Waals surface area contributed by atoms with Crippen LogP contribution in [0.5, 0.6) is 0 Å². The van der Waals surface area contributed by atoms with Gasteiger partial charge < -0.3 is 24.6 Å². The van der Waals surface area contributed by atoms with Crippen LogP contribution in [0.15, 0.2) is 48.6 Å². The third kappa shape index (κ3) is 34.1. The zero-order valence-corrected chi connectivity index (χ0v) is 30.4. The molecule has 3 atom stereocenters. The molecule has 0 spiro atoms. The summed E-state index contributed by atoms with van der Waals surface area (Å²) in [5.41, 5.74) is 0. The number of phosphoric ester groups is 1. The fourth-order valence-corrected chi connectivity index (χ4v) is 5.28. The summed E-state index contributed by atoms with van der Waals surface area (Å²) in [6.07, 6.45) is 35.0. The van der Waals surface area contributed by atoms with Crippen LogP contribution in [0.25, 0.3) is 0 Å². The molecule has 0 aromatic carbocycles.